The fraction of sp³-hybridized carbons (Fsp3) is 0.385. The fourth-order valence-corrected chi connectivity index (χ4v) is 5.52. The topological polar surface area (TPSA) is 134 Å². The summed E-state index contributed by atoms with van der Waals surface area (Å²) in [6.07, 6.45) is 1.26. The Morgan fingerprint density at radius 1 is 0.943 bits per heavy atom. The first-order valence-electron chi connectivity index (χ1n) is 11.9. The molecule has 2 aliphatic carbocycles. The standard InChI is InChI=1S/C26H27N3O6/c30-23(29-22-19(25(32)33)12-27-24(22)31)18-10-5-11-21(18)28-26(34)35-13-20-16-8-3-1-6-14(16)15-7-2-4-9-17(15)20/h1-4,6-9,18-22H,5,10-13H2,(H,27,31)(H,28,34)(H,29,30)(H,32,33)/t18-,19?,21+,22?/m0/s1. The second kappa shape index (κ2) is 9.40. The number of ether oxygens (including phenoxy) is 1. The lowest BCUT2D eigenvalue weighted by Gasteiger charge is -2.23. The van der Waals surface area contributed by atoms with E-state index in [1.54, 1.807) is 0 Å². The minimum atomic E-state index is -1.15. The average molecular weight is 478 g/mol. The van der Waals surface area contributed by atoms with Crippen LogP contribution in [0.5, 0.6) is 0 Å². The highest BCUT2D eigenvalue weighted by atomic mass is 16.5. The molecule has 35 heavy (non-hydrogen) atoms. The molecule has 9 heteroatoms. The second-order valence-corrected chi connectivity index (χ2v) is 9.29. The molecule has 2 aromatic carbocycles. The molecule has 0 spiro atoms. The van der Waals surface area contributed by atoms with Crippen LogP contribution in [0.2, 0.25) is 0 Å². The van der Waals surface area contributed by atoms with Crippen LogP contribution in [-0.2, 0) is 19.1 Å². The summed E-state index contributed by atoms with van der Waals surface area (Å²) in [5.41, 5.74) is 4.50. The van der Waals surface area contributed by atoms with Crippen LogP contribution in [0.25, 0.3) is 11.1 Å². The number of nitrogens with one attached hydrogen (secondary N) is 3. The number of carboxylic acid groups (broad SMARTS) is 1. The van der Waals surface area contributed by atoms with Crippen molar-refractivity contribution in [2.24, 2.45) is 11.8 Å². The van der Waals surface area contributed by atoms with Crippen molar-refractivity contribution in [3.63, 3.8) is 0 Å². The largest absolute Gasteiger partial charge is 0.481 e. The Hall–Kier alpha value is -3.88. The Morgan fingerprint density at radius 3 is 2.26 bits per heavy atom. The number of alkyl carbamates (subject to hydrolysis) is 1. The molecule has 1 saturated heterocycles. The van der Waals surface area contributed by atoms with E-state index in [2.05, 4.69) is 28.1 Å². The quantitative estimate of drug-likeness (QED) is 0.503. The van der Waals surface area contributed by atoms with E-state index in [0.717, 1.165) is 28.7 Å². The van der Waals surface area contributed by atoms with Crippen LogP contribution in [-0.4, -0.2) is 54.2 Å². The van der Waals surface area contributed by atoms with Crippen LogP contribution in [0.3, 0.4) is 0 Å². The Kier molecular flexibility index (Phi) is 6.15. The third-order valence-corrected chi connectivity index (χ3v) is 7.30. The third-order valence-electron chi connectivity index (χ3n) is 7.30. The van der Waals surface area contributed by atoms with Crippen molar-refractivity contribution in [2.45, 2.75) is 37.3 Å². The van der Waals surface area contributed by atoms with Crippen molar-refractivity contribution in [1.82, 2.24) is 16.0 Å². The van der Waals surface area contributed by atoms with Crippen molar-refractivity contribution < 1.29 is 29.0 Å². The molecule has 3 amide bonds. The number of rotatable bonds is 6. The van der Waals surface area contributed by atoms with Gasteiger partial charge in [-0.3, -0.25) is 14.4 Å². The highest BCUT2D eigenvalue weighted by Gasteiger charge is 2.43. The number of amides is 3. The number of carbonyl (C=O) groups excluding carboxylic acids is 3. The van der Waals surface area contributed by atoms with Gasteiger partial charge in [-0.2, -0.15) is 0 Å². The number of aliphatic carboxylic acids is 1. The van der Waals surface area contributed by atoms with Gasteiger partial charge in [0.05, 0.1) is 5.92 Å². The van der Waals surface area contributed by atoms with Gasteiger partial charge < -0.3 is 25.8 Å². The molecular weight excluding hydrogens is 450 g/mol. The first kappa shape index (κ1) is 22.9. The van der Waals surface area contributed by atoms with Gasteiger partial charge in [-0.1, -0.05) is 55.0 Å². The molecule has 3 aliphatic rings. The van der Waals surface area contributed by atoms with Crippen molar-refractivity contribution in [3.8, 4) is 11.1 Å². The average Bonchev–Trinajstić information content (AvgIpc) is 3.54. The number of fused-ring (bicyclic) bond motifs is 3. The van der Waals surface area contributed by atoms with Crippen LogP contribution in [0.4, 0.5) is 4.79 Å². The molecule has 9 nitrogen and oxygen atoms in total. The van der Waals surface area contributed by atoms with E-state index in [-0.39, 0.29) is 19.1 Å². The van der Waals surface area contributed by atoms with E-state index in [1.807, 2.05) is 36.4 Å². The summed E-state index contributed by atoms with van der Waals surface area (Å²) in [5, 5.41) is 17.2. The highest BCUT2D eigenvalue weighted by Crippen LogP contribution is 2.44. The van der Waals surface area contributed by atoms with Crippen LogP contribution in [0.1, 0.15) is 36.3 Å². The molecule has 2 aromatic rings. The maximum atomic E-state index is 12.9. The molecule has 0 radical (unpaired) electrons. The van der Waals surface area contributed by atoms with Crippen molar-refractivity contribution in [1.29, 1.82) is 0 Å². The lowest BCUT2D eigenvalue weighted by Crippen LogP contribution is -2.51. The molecule has 0 bridgehead atoms. The Morgan fingerprint density at radius 2 is 1.60 bits per heavy atom. The van der Waals surface area contributed by atoms with E-state index in [4.69, 9.17) is 4.74 Å². The predicted octanol–water partition coefficient (Wildman–Crippen LogP) is 2.01. The van der Waals surface area contributed by atoms with Gasteiger partial charge in [-0.25, -0.2) is 4.79 Å². The Bertz CT molecular complexity index is 1140. The molecule has 5 rings (SSSR count). The molecule has 1 saturated carbocycles. The second-order valence-electron chi connectivity index (χ2n) is 9.29. The van der Waals surface area contributed by atoms with Crippen molar-refractivity contribution in [3.05, 3.63) is 59.7 Å². The fourth-order valence-electron chi connectivity index (χ4n) is 5.52. The first-order chi connectivity index (χ1) is 16.9. The van der Waals surface area contributed by atoms with Gasteiger partial charge in [-0.15, -0.1) is 0 Å². The van der Waals surface area contributed by atoms with Gasteiger partial charge in [0.25, 0.3) is 0 Å². The summed E-state index contributed by atoms with van der Waals surface area (Å²) in [6.45, 7) is 0.150. The minimum absolute atomic E-state index is 0.0226. The van der Waals surface area contributed by atoms with Crippen molar-refractivity contribution >= 4 is 23.9 Å². The highest BCUT2D eigenvalue weighted by molar-refractivity contribution is 5.95. The normalized spacial score (nSPS) is 24.9. The lowest BCUT2D eigenvalue weighted by molar-refractivity contribution is -0.143. The molecule has 4 atom stereocenters. The molecule has 0 aromatic heterocycles. The Labute approximate surface area is 202 Å². The van der Waals surface area contributed by atoms with E-state index in [0.29, 0.717) is 12.8 Å². The minimum Gasteiger partial charge on any atom is -0.481 e. The maximum Gasteiger partial charge on any atom is 0.407 e. The summed E-state index contributed by atoms with van der Waals surface area (Å²) in [5.74, 6) is -3.72. The molecule has 1 heterocycles. The van der Waals surface area contributed by atoms with E-state index < -0.39 is 47.8 Å². The van der Waals surface area contributed by atoms with Crippen LogP contribution >= 0.6 is 0 Å². The van der Waals surface area contributed by atoms with Crippen LogP contribution in [0.15, 0.2) is 48.5 Å². The lowest BCUT2D eigenvalue weighted by atomic mass is 9.98. The van der Waals surface area contributed by atoms with E-state index in [9.17, 15) is 24.3 Å². The molecule has 1 aliphatic heterocycles. The molecule has 182 valence electrons. The number of carboxylic acids is 1. The SMILES string of the molecule is O=C(N[C@@H]1CCC[C@@H]1C(=O)NC1C(=O)NCC1C(=O)O)OCC1c2ccccc2-c2ccccc21. The van der Waals surface area contributed by atoms with E-state index >= 15 is 0 Å². The third kappa shape index (κ3) is 4.34. The number of hydrogen-bond donors (Lipinski definition) is 4. The predicted molar refractivity (Wildman–Crippen MR) is 125 cm³/mol. The molecule has 2 unspecified atom stereocenters. The van der Waals surface area contributed by atoms with Gasteiger partial charge in [0.1, 0.15) is 18.6 Å². The Balaban J connectivity index is 1.20. The van der Waals surface area contributed by atoms with Crippen LogP contribution < -0.4 is 16.0 Å². The summed E-state index contributed by atoms with van der Waals surface area (Å²) in [4.78, 5) is 48.9. The van der Waals surface area contributed by atoms with Crippen LogP contribution in [0, 0.1) is 11.8 Å². The first-order valence-corrected chi connectivity index (χ1v) is 11.9. The molecule has 2 fully saturated rings. The zero-order valence-corrected chi connectivity index (χ0v) is 19.0. The molecular formula is C26H27N3O6. The van der Waals surface area contributed by atoms with Crippen molar-refractivity contribution in [2.75, 3.05) is 13.2 Å². The number of benzene rings is 2. The smallest absolute Gasteiger partial charge is 0.407 e. The molecule has 4 N–H and O–H groups in total. The van der Waals surface area contributed by atoms with Gasteiger partial charge in [-0.05, 0) is 35.1 Å². The summed E-state index contributed by atoms with van der Waals surface area (Å²) in [7, 11) is 0. The van der Waals surface area contributed by atoms with E-state index in [1.165, 1.54) is 0 Å². The summed E-state index contributed by atoms with van der Waals surface area (Å²) in [6, 6.07) is 14.6. The number of carbonyl (C=O) groups is 4. The number of hydrogen-bond acceptors (Lipinski definition) is 5. The zero-order chi connectivity index (χ0) is 24.5. The van der Waals surface area contributed by atoms with Gasteiger partial charge in [0.15, 0.2) is 0 Å². The zero-order valence-electron chi connectivity index (χ0n) is 19.0. The van der Waals surface area contributed by atoms with Gasteiger partial charge in [0.2, 0.25) is 11.8 Å². The summed E-state index contributed by atoms with van der Waals surface area (Å²) >= 11 is 0. The summed E-state index contributed by atoms with van der Waals surface area (Å²) < 4.78 is 5.61. The maximum absolute atomic E-state index is 12.9. The van der Waals surface area contributed by atoms with Gasteiger partial charge in [0, 0.05) is 18.5 Å². The monoisotopic (exact) mass is 477 g/mol. The van der Waals surface area contributed by atoms with Gasteiger partial charge >= 0.3 is 12.1 Å².